The minimum absolute atomic E-state index is 0.00408. The van der Waals surface area contributed by atoms with Gasteiger partial charge >= 0.3 is 18.1 Å². The molecule has 0 aliphatic carbocycles. The summed E-state index contributed by atoms with van der Waals surface area (Å²) in [7, 11) is 2.13. The van der Waals surface area contributed by atoms with E-state index in [1.54, 1.807) is 0 Å². The van der Waals surface area contributed by atoms with Gasteiger partial charge in [-0.3, -0.25) is 0 Å². The van der Waals surface area contributed by atoms with E-state index in [1.807, 2.05) is 0 Å². The van der Waals surface area contributed by atoms with Gasteiger partial charge < -0.3 is 19.1 Å². The Kier molecular flexibility index (Phi) is 7.22. The summed E-state index contributed by atoms with van der Waals surface area (Å²) in [5.41, 5.74) is -2.19. The predicted octanol–water partition coefficient (Wildman–Crippen LogP) is 5.41. The summed E-state index contributed by atoms with van der Waals surface area (Å²) >= 11 is 0. The SMILES string of the molecule is COC(=O)C1=C(C(=O)OC)N(c2ccc(F)c(Oc3c(F)cc(C(F)(F)F)cc3F)c2)C=CC=C1. The number of esters is 2. The maximum Gasteiger partial charge on any atom is 0.416 e. The first kappa shape index (κ1) is 25.4. The van der Waals surface area contributed by atoms with Crippen molar-refractivity contribution in [1.82, 2.24) is 0 Å². The Balaban J connectivity index is 2.09. The molecule has 1 heterocycles. The largest absolute Gasteiger partial charge is 0.465 e. The number of halogens is 6. The van der Waals surface area contributed by atoms with E-state index in [0.717, 1.165) is 37.3 Å². The van der Waals surface area contributed by atoms with Gasteiger partial charge in [-0.25, -0.2) is 22.8 Å². The number of nitrogens with zero attached hydrogens (tertiary/aromatic N) is 1. The van der Waals surface area contributed by atoms with Gasteiger partial charge in [0.05, 0.1) is 25.4 Å². The van der Waals surface area contributed by atoms with Crippen LogP contribution in [0.4, 0.5) is 32.0 Å². The van der Waals surface area contributed by atoms with Crippen LogP contribution in [0.5, 0.6) is 11.5 Å². The highest BCUT2D eigenvalue weighted by molar-refractivity contribution is 6.05. The molecule has 0 atom stereocenters. The molecule has 6 nitrogen and oxygen atoms in total. The van der Waals surface area contributed by atoms with Crippen LogP contribution in [0.25, 0.3) is 0 Å². The number of hydrogen-bond donors (Lipinski definition) is 0. The fourth-order valence-corrected chi connectivity index (χ4v) is 3.02. The number of hydrogen-bond acceptors (Lipinski definition) is 6. The van der Waals surface area contributed by atoms with Gasteiger partial charge in [-0.2, -0.15) is 13.2 Å². The normalized spacial score (nSPS) is 13.5. The maximum atomic E-state index is 14.4. The standard InChI is InChI=1S/C23H15F6NO5/c1-33-21(31)14-5-3-4-8-30(19(14)22(32)34-2)13-6-7-15(24)18(11-13)35-20-16(25)9-12(10-17(20)26)23(27,28)29/h3-11H,1-2H3. The molecule has 0 spiro atoms. The van der Waals surface area contributed by atoms with Crippen LogP contribution in [0.2, 0.25) is 0 Å². The quantitative estimate of drug-likeness (QED) is 0.405. The molecule has 0 bridgehead atoms. The molecule has 3 rings (SSSR count). The minimum atomic E-state index is -5.02. The van der Waals surface area contributed by atoms with E-state index in [9.17, 15) is 35.9 Å². The molecule has 0 unspecified atom stereocenters. The Bertz CT molecular complexity index is 1240. The average Bonchev–Trinajstić information content (AvgIpc) is 3.03. The van der Waals surface area contributed by atoms with E-state index < -0.39 is 52.6 Å². The van der Waals surface area contributed by atoms with Crippen LogP contribution >= 0.6 is 0 Å². The lowest BCUT2D eigenvalue weighted by Gasteiger charge is -2.23. The molecule has 0 aromatic heterocycles. The van der Waals surface area contributed by atoms with Crippen LogP contribution in [0.1, 0.15) is 5.56 Å². The summed E-state index contributed by atoms with van der Waals surface area (Å²) in [4.78, 5) is 25.8. The molecule has 1 aliphatic heterocycles. The van der Waals surface area contributed by atoms with Gasteiger partial charge in [-0.1, -0.05) is 6.08 Å². The molecule has 0 fully saturated rings. The fourth-order valence-electron chi connectivity index (χ4n) is 3.02. The highest BCUT2D eigenvalue weighted by Gasteiger charge is 2.33. The van der Waals surface area contributed by atoms with Crippen molar-refractivity contribution in [3.05, 3.63) is 89.0 Å². The number of rotatable bonds is 5. The lowest BCUT2D eigenvalue weighted by atomic mass is 10.1. The molecule has 0 saturated carbocycles. The lowest BCUT2D eigenvalue weighted by Crippen LogP contribution is -2.27. The molecule has 0 saturated heterocycles. The molecule has 2 aromatic rings. The first-order valence-electron chi connectivity index (χ1n) is 9.56. The van der Waals surface area contributed by atoms with E-state index in [2.05, 4.69) is 4.74 Å². The number of methoxy groups -OCH3 is 2. The second kappa shape index (κ2) is 9.95. The van der Waals surface area contributed by atoms with Crippen LogP contribution in [-0.2, 0) is 25.2 Å². The van der Waals surface area contributed by atoms with Crippen molar-refractivity contribution < 1.29 is 50.1 Å². The highest BCUT2D eigenvalue weighted by Crippen LogP contribution is 2.37. The molecule has 2 aromatic carbocycles. The Labute approximate surface area is 194 Å². The summed E-state index contributed by atoms with van der Waals surface area (Å²) in [5, 5.41) is 0. The summed E-state index contributed by atoms with van der Waals surface area (Å²) in [6.07, 6.45) is 0.366. The summed E-state index contributed by atoms with van der Waals surface area (Å²) in [6.45, 7) is 0. The molecular weight excluding hydrogens is 484 g/mol. The molecule has 12 heteroatoms. The van der Waals surface area contributed by atoms with Crippen molar-refractivity contribution >= 4 is 17.6 Å². The zero-order valence-corrected chi connectivity index (χ0v) is 18.0. The van der Waals surface area contributed by atoms with Crippen LogP contribution in [0.15, 0.2) is 66.0 Å². The van der Waals surface area contributed by atoms with Gasteiger partial charge in [0.15, 0.2) is 29.0 Å². The zero-order chi connectivity index (χ0) is 25.9. The van der Waals surface area contributed by atoms with Gasteiger partial charge in [-0.15, -0.1) is 0 Å². The van der Waals surface area contributed by atoms with Gasteiger partial charge in [0.2, 0.25) is 0 Å². The topological polar surface area (TPSA) is 65.1 Å². The Morgan fingerprint density at radius 2 is 1.49 bits per heavy atom. The maximum absolute atomic E-state index is 14.4. The van der Waals surface area contributed by atoms with Crippen molar-refractivity contribution in [3.8, 4) is 11.5 Å². The van der Waals surface area contributed by atoms with Gasteiger partial charge in [0, 0.05) is 18.0 Å². The smallest absolute Gasteiger partial charge is 0.416 e. The van der Waals surface area contributed by atoms with Crippen molar-refractivity contribution in [2.45, 2.75) is 6.18 Å². The highest BCUT2D eigenvalue weighted by atomic mass is 19.4. The summed E-state index contributed by atoms with van der Waals surface area (Å²) in [5.74, 6) is -8.50. The van der Waals surface area contributed by atoms with Gasteiger partial charge in [-0.05, 0) is 36.4 Å². The van der Waals surface area contributed by atoms with E-state index in [1.165, 1.54) is 24.4 Å². The van der Waals surface area contributed by atoms with E-state index in [0.29, 0.717) is 0 Å². The molecule has 0 amide bonds. The van der Waals surface area contributed by atoms with Crippen LogP contribution in [-0.4, -0.2) is 26.2 Å². The van der Waals surface area contributed by atoms with Gasteiger partial charge in [0.1, 0.15) is 5.70 Å². The summed E-state index contributed by atoms with van der Waals surface area (Å²) < 4.78 is 95.6. The first-order valence-corrected chi connectivity index (χ1v) is 9.56. The number of benzene rings is 2. The van der Waals surface area contributed by atoms with Crippen LogP contribution < -0.4 is 9.64 Å². The number of alkyl halides is 3. The van der Waals surface area contributed by atoms with Crippen molar-refractivity contribution in [2.24, 2.45) is 0 Å². The predicted molar refractivity (Wildman–Crippen MR) is 110 cm³/mol. The third kappa shape index (κ3) is 5.31. The molecule has 0 N–H and O–H groups in total. The van der Waals surface area contributed by atoms with E-state index in [4.69, 9.17) is 9.47 Å². The second-order valence-corrected chi connectivity index (χ2v) is 6.80. The minimum Gasteiger partial charge on any atom is -0.465 e. The zero-order valence-electron chi connectivity index (χ0n) is 18.0. The molecule has 0 radical (unpaired) electrons. The number of carbonyl (C=O) groups excluding carboxylic acids is 2. The number of allylic oxidation sites excluding steroid dienone is 2. The number of anilines is 1. The Morgan fingerprint density at radius 3 is 2.06 bits per heavy atom. The van der Waals surface area contributed by atoms with Crippen molar-refractivity contribution in [1.29, 1.82) is 0 Å². The molecule has 184 valence electrons. The second-order valence-electron chi connectivity index (χ2n) is 6.80. The third-order valence-corrected chi connectivity index (χ3v) is 4.62. The van der Waals surface area contributed by atoms with Crippen molar-refractivity contribution in [2.75, 3.05) is 19.1 Å². The van der Waals surface area contributed by atoms with Crippen LogP contribution in [0, 0.1) is 17.5 Å². The fraction of sp³-hybridized carbons (Fsp3) is 0.130. The van der Waals surface area contributed by atoms with Crippen molar-refractivity contribution in [3.63, 3.8) is 0 Å². The molecule has 1 aliphatic rings. The van der Waals surface area contributed by atoms with E-state index >= 15 is 0 Å². The first-order chi connectivity index (χ1) is 16.5. The number of carbonyl (C=O) groups is 2. The molecular formula is C23H15F6NO5. The third-order valence-electron chi connectivity index (χ3n) is 4.62. The molecule has 35 heavy (non-hydrogen) atoms. The summed E-state index contributed by atoms with van der Waals surface area (Å²) in [6, 6.07) is 2.90. The Hall–Kier alpha value is -4.22. The monoisotopic (exact) mass is 499 g/mol. The average molecular weight is 499 g/mol. The van der Waals surface area contributed by atoms with E-state index in [-0.39, 0.29) is 29.1 Å². The van der Waals surface area contributed by atoms with Crippen LogP contribution in [0.3, 0.4) is 0 Å². The Morgan fingerprint density at radius 1 is 0.857 bits per heavy atom. The van der Waals surface area contributed by atoms with Gasteiger partial charge in [0.25, 0.3) is 0 Å². The number of ether oxygens (including phenoxy) is 3. The lowest BCUT2D eigenvalue weighted by molar-refractivity contribution is -0.139.